The maximum absolute atomic E-state index is 12.1. The van der Waals surface area contributed by atoms with Crippen LogP contribution in [0.3, 0.4) is 0 Å². The van der Waals surface area contributed by atoms with Crippen LogP contribution in [0.5, 0.6) is 0 Å². The van der Waals surface area contributed by atoms with E-state index in [1.165, 1.54) is 12.8 Å². The number of thiocarbonyl (C=S) groups is 1. The van der Waals surface area contributed by atoms with Gasteiger partial charge in [-0.15, -0.1) is 0 Å². The second-order valence-corrected chi connectivity index (χ2v) is 8.02. The lowest BCUT2D eigenvalue weighted by molar-refractivity contribution is -0.121. The number of carbonyl (C=O) groups excluding carboxylic acids is 1. The van der Waals surface area contributed by atoms with Gasteiger partial charge in [0.05, 0.1) is 5.52 Å². The Morgan fingerprint density at radius 2 is 2.04 bits per heavy atom. The number of nitrogens with one attached hydrogen (secondary N) is 3. The van der Waals surface area contributed by atoms with E-state index in [1.807, 2.05) is 18.2 Å². The number of hydrazine groups is 1. The Balaban J connectivity index is 1.40. The van der Waals surface area contributed by atoms with Crippen LogP contribution in [0.25, 0.3) is 11.1 Å². The fourth-order valence-corrected chi connectivity index (χ4v) is 4.00. The van der Waals surface area contributed by atoms with Crippen molar-refractivity contribution in [3.8, 4) is 0 Å². The molecule has 1 amide bonds. The van der Waals surface area contributed by atoms with E-state index in [-0.39, 0.29) is 12.3 Å². The van der Waals surface area contributed by atoms with Gasteiger partial charge in [-0.05, 0) is 49.0 Å². The zero-order chi connectivity index (χ0) is 20.1. The number of carbonyl (C=O) groups is 1. The summed E-state index contributed by atoms with van der Waals surface area (Å²) in [6, 6.07) is 7.60. The number of oxazole rings is 1. The molecular formula is C20H28N4O3S. The third kappa shape index (κ3) is 4.92. The fraction of sp³-hybridized carbons (Fsp3) is 0.550. The van der Waals surface area contributed by atoms with Gasteiger partial charge in [-0.2, -0.15) is 0 Å². The zero-order valence-corrected chi connectivity index (χ0v) is 17.2. The Morgan fingerprint density at radius 3 is 2.86 bits per heavy atom. The molecule has 1 fully saturated rings. The molecule has 1 aliphatic rings. The molecule has 1 heterocycles. The third-order valence-electron chi connectivity index (χ3n) is 5.70. The van der Waals surface area contributed by atoms with Crippen LogP contribution in [-0.4, -0.2) is 21.6 Å². The summed E-state index contributed by atoms with van der Waals surface area (Å²) in [5.74, 6) is 0.648. The van der Waals surface area contributed by atoms with E-state index >= 15 is 0 Å². The minimum absolute atomic E-state index is 0.171. The maximum atomic E-state index is 12.1. The fourth-order valence-electron chi connectivity index (χ4n) is 3.80. The maximum Gasteiger partial charge on any atom is 0.419 e. The molecule has 0 spiro atoms. The van der Waals surface area contributed by atoms with Crippen molar-refractivity contribution in [3.05, 3.63) is 34.8 Å². The molecule has 3 N–H and O–H groups in total. The Kier molecular flexibility index (Phi) is 6.72. The van der Waals surface area contributed by atoms with Gasteiger partial charge in [0.25, 0.3) is 0 Å². The first-order chi connectivity index (χ1) is 13.5. The minimum Gasteiger partial charge on any atom is -0.408 e. The van der Waals surface area contributed by atoms with E-state index in [0.717, 1.165) is 11.9 Å². The van der Waals surface area contributed by atoms with Crippen molar-refractivity contribution in [2.24, 2.45) is 11.8 Å². The van der Waals surface area contributed by atoms with Crippen LogP contribution in [0, 0.1) is 11.8 Å². The smallest absolute Gasteiger partial charge is 0.408 e. The van der Waals surface area contributed by atoms with Crippen LogP contribution in [0.2, 0.25) is 0 Å². The molecule has 3 rings (SSSR count). The summed E-state index contributed by atoms with van der Waals surface area (Å²) in [5.41, 5.74) is 6.71. The number of aromatic nitrogens is 1. The standard InChI is InChI=1S/C20H28N4O3S/c1-13-7-5-8-15(14(13)2)21-19(28)23-22-18(25)11-6-12-24-16-9-3-4-10-17(16)27-20(24)26/h3-4,9-10,13-15H,5-8,11-12H2,1-2H3,(H,22,25)(H2,21,23,28)/t13-,14+,15+/m0/s1. The molecule has 1 aromatic carbocycles. The number of nitrogens with zero attached hydrogens (tertiary/aromatic N) is 1. The summed E-state index contributed by atoms with van der Waals surface area (Å²) in [7, 11) is 0. The summed E-state index contributed by atoms with van der Waals surface area (Å²) in [6.07, 6.45) is 4.34. The Hall–Kier alpha value is -2.35. The van der Waals surface area contributed by atoms with Gasteiger partial charge >= 0.3 is 5.76 Å². The molecule has 1 aromatic heterocycles. The third-order valence-corrected chi connectivity index (χ3v) is 5.92. The summed E-state index contributed by atoms with van der Waals surface area (Å²) in [4.78, 5) is 24.0. The summed E-state index contributed by atoms with van der Waals surface area (Å²) < 4.78 is 6.74. The van der Waals surface area contributed by atoms with E-state index in [4.69, 9.17) is 16.6 Å². The number of para-hydroxylation sites is 2. The number of fused-ring (bicyclic) bond motifs is 1. The van der Waals surface area contributed by atoms with Crippen molar-refractivity contribution in [3.63, 3.8) is 0 Å². The summed E-state index contributed by atoms with van der Waals surface area (Å²) in [5, 5.41) is 3.75. The molecule has 8 heteroatoms. The highest BCUT2D eigenvalue weighted by molar-refractivity contribution is 7.80. The first kappa shape index (κ1) is 20.4. The monoisotopic (exact) mass is 404 g/mol. The van der Waals surface area contributed by atoms with Crippen LogP contribution < -0.4 is 21.9 Å². The van der Waals surface area contributed by atoms with Crippen LogP contribution >= 0.6 is 12.2 Å². The van der Waals surface area contributed by atoms with E-state index in [1.54, 1.807) is 10.6 Å². The normalized spacial score (nSPS) is 22.0. The number of aryl methyl sites for hydroxylation is 1. The van der Waals surface area contributed by atoms with Crippen molar-refractivity contribution in [1.82, 2.24) is 20.7 Å². The van der Waals surface area contributed by atoms with Crippen molar-refractivity contribution in [2.45, 2.75) is 58.5 Å². The Morgan fingerprint density at radius 1 is 1.25 bits per heavy atom. The molecule has 28 heavy (non-hydrogen) atoms. The lowest BCUT2D eigenvalue weighted by Crippen LogP contribution is -2.52. The second kappa shape index (κ2) is 9.23. The van der Waals surface area contributed by atoms with Gasteiger partial charge in [-0.25, -0.2) is 4.79 Å². The van der Waals surface area contributed by atoms with Gasteiger partial charge in [0.2, 0.25) is 5.91 Å². The average molecular weight is 405 g/mol. The second-order valence-electron chi connectivity index (χ2n) is 7.61. The molecule has 3 atom stereocenters. The van der Waals surface area contributed by atoms with E-state index in [9.17, 15) is 9.59 Å². The first-order valence-corrected chi connectivity index (χ1v) is 10.3. The average Bonchev–Trinajstić information content (AvgIpc) is 2.99. The van der Waals surface area contributed by atoms with Gasteiger partial charge < -0.3 is 9.73 Å². The highest BCUT2D eigenvalue weighted by Crippen LogP contribution is 2.29. The van der Waals surface area contributed by atoms with Gasteiger partial charge in [0.1, 0.15) is 0 Å². The molecule has 7 nitrogen and oxygen atoms in total. The highest BCUT2D eigenvalue weighted by atomic mass is 32.1. The van der Waals surface area contributed by atoms with Gasteiger partial charge in [-0.3, -0.25) is 20.2 Å². The number of hydrogen-bond acceptors (Lipinski definition) is 4. The van der Waals surface area contributed by atoms with Crippen LogP contribution in [0.1, 0.15) is 46.0 Å². The molecule has 0 unspecified atom stereocenters. The molecule has 2 aromatic rings. The predicted molar refractivity (Wildman–Crippen MR) is 113 cm³/mol. The van der Waals surface area contributed by atoms with E-state index in [2.05, 4.69) is 30.0 Å². The van der Waals surface area contributed by atoms with Crippen LogP contribution in [0.15, 0.2) is 33.5 Å². The lowest BCUT2D eigenvalue weighted by Gasteiger charge is -2.35. The van der Waals surface area contributed by atoms with Crippen molar-refractivity contribution >= 4 is 34.3 Å². The molecule has 0 saturated heterocycles. The number of amides is 1. The van der Waals surface area contributed by atoms with Crippen molar-refractivity contribution in [1.29, 1.82) is 0 Å². The van der Waals surface area contributed by atoms with Crippen molar-refractivity contribution in [2.75, 3.05) is 0 Å². The highest BCUT2D eigenvalue weighted by Gasteiger charge is 2.27. The summed E-state index contributed by atoms with van der Waals surface area (Å²) in [6.45, 7) is 4.93. The molecule has 1 saturated carbocycles. The van der Waals surface area contributed by atoms with Gasteiger partial charge in [0, 0.05) is 19.0 Å². The number of rotatable bonds is 5. The number of benzene rings is 1. The predicted octanol–water partition coefficient (Wildman–Crippen LogP) is 2.69. The van der Waals surface area contributed by atoms with E-state index in [0.29, 0.717) is 41.5 Å². The molecule has 0 bridgehead atoms. The molecule has 0 radical (unpaired) electrons. The minimum atomic E-state index is -0.402. The van der Waals surface area contributed by atoms with Gasteiger partial charge in [-0.1, -0.05) is 38.8 Å². The van der Waals surface area contributed by atoms with Crippen molar-refractivity contribution < 1.29 is 9.21 Å². The Bertz CT molecular complexity index is 891. The molecule has 152 valence electrons. The SMILES string of the molecule is C[C@@H]1[C@@H](C)CCC[C@H]1NC(=S)NNC(=O)CCCn1c(=O)oc2ccccc21. The quantitative estimate of drug-likeness (QED) is 0.525. The number of hydrogen-bond donors (Lipinski definition) is 3. The molecular weight excluding hydrogens is 376 g/mol. The first-order valence-electron chi connectivity index (χ1n) is 9.89. The summed E-state index contributed by atoms with van der Waals surface area (Å²) >= 11 is 5.30. The Labute approximate surface area is 169 Å². The van der Waals surface area contributed by atoms with E-state index < -0.39 is 5.76 Å². The zero-order valence-electron chi connectivity index (χ0n) is 16.4. The topological polar surface area (TPSA) is 88.3 Å². The van der Waals surface area contributed by atoms with Crippen LogP contribution in [0.4, 0.5) is 0 Å². The lowest BCUT2D eigenvalue weighted by atomic mass is 9.78. The molecule has 1 aliphatic carbocycles. The van der Waals surface area contributed by atoms with Gasteiger partial charge in [0.15, 0.2) is 10.7 Å². The molecule has 0 aliphatic heterocycles. The largest absolute Gasteiger partial charge is 0.419 e. The van der Waals surface area contributed by atoms with Crippen LogP contribution in [-0.2, 0) is 11.3 Å².